The first-order valence-corrected chi connectivity index (χ1v) is 10.3. The van der Waals surface area contributed by atoms with Crippen molar-refractivity contribution in [3.63, 3.8) is 0 Å². The fraction of sp³-hybridized carbons (Fsp3) is 0.435. The Morgan fingerprint density at radius 1 is 1.07 bits per heavy atom. The smallest absolute Gasteiger partial charge is 0.408 e. The molecule has 0 radical (unpaired) electrons. The Balaban J connectivity index is 1.27. The van der Waals surface area contributed by atoms with Gasteiger partial charge in [0.25, 0.3) is 0 Å². The third-order valence-electron chi connectivity index (χ3n) is 6.14. The number of oxazole rings is 1. The fourth-order valence-electron chi connectivity index (χ4n) is 4.54. The lowest BCUT2D eigenvalue weighted by Gasteiger charge is -2.35. The number of rotatable bonds is 6. The standard InChI is InChI=1S/C23H26F2N2O2/c1-27(10-2-3-15-11-18(24)14-19(25)12-15)20-7-4-16(5-8-20)17-6-9-21-22(13-17)29-23(28)26-21/h6,9,11-14,16,20H,2-5,7-8,10H2,1H3,(H,26,28)/t16-,20-. The van der Waals surface area contributed by atoms with Gasteiger partial charge in [0.05, 0.1) is 5.52 Å². The van der Waals surface area contributed by atoms with Crippen LogP contribution in [0.3, 0.4) is 0 Å². The molecule has 0 amide bonds. The number of aryl methyl sites for hydroxylation is 1. The molecule has 2 aromatic carbocycles. The molecule has 1 aliphatic carbocycles. The summed E-state index contributed by atoms with van der Waals surface area (Å²) in [7, 11) is 2.14. The Labute approximate surface area is 168 Å². The summed E-state index contributed by atoms with van der Waals surface area (Å²) in [6.45, 7) is 0.911. The van der Waals surface area contributed by atoms with Gasteiger partial charge in [0.15, 0.2) is 5.58 Å². The molecule has 1 saturated carbocycles. The topological polar surface area (TPSA) is 49.2 Å². The van der Waals surface area contributed by atoms with E-state index in [0.29, 0.717) is 29.5 Å². The van der Waals surface area contributed by atoms with Crippen LogP contribution < -0.4 is 5.76 Å². The van der Waals surface area contributed by atoms with Crippen LogP contribution in [0.25, 0.3) is 11.1 Å². The summed E-state index contributed by atoms with van der Waals surface area (Å²) < 4.78 is 31.8. The van der Waals surface area contributed by atoms with Crippen molar-refractivity contribution in [2.24, 2.45) is 0 Å². The molecule has 3 aromatic rings. The second-order valence-corrected chi connectivity index (χ2v) is 8.14. The van der Waals surface area contributed by atoms with Crippen molar-refractivity contribution in [2.75, 3.05) is 13.6 Å². The molecule has 0 bridgehead atoms. The highest BCUT2D eigenvalue weighted by atomic mass is 19.1. The molecule has 154 valence electrons. The van der Waals surface area contributed by atoms with E-state index in [1.165, 1.54) is 17.7 Å². The highest BCUT2D eigenvalue weighted by Gasteiger charge is 2.25. The van der Waals surface area contributed by atoms with Gasteiger partial charge < -0.3 is 9.32 Å². The molecule has 1 aliphatic rings. The summed E-state index contributed by atoms with van der Waals surface area (Å²) in [4.78, 5) is 16.4. The highest BCUT2D eigenvalue weighted by Crippen LogP contribution is 2.35. The normalized spacial score (nSPS) is 19.9. The molecular formula is C23H26F2N2O2. The van der Waals surface area contributed by atoms with Crippen molar-refractivity contribution >= 4 is 11.1 Å². The zero-order chi connectivity index (χ0) is 20.4. The van der Waals surface area contributed by atoms with Crippen LogP contribution in [0.5, 0.6) is 0 Å². The third-order valence-corrected chi connectivity index (χ3v) is 6.14. The van der Waals surface area contributed by atoms with E-state index in [1.54, 1.807) is 0 Å². The average Bonchev–Trinajstić information content (AvgIpc) is 3.06. The van der Waals surface area contributed by atoms with Crippen LogP contribution >= 0.6 is 0 Å². The van der Waals surface area contributed by atoms with Crippen molar-refractivity contribution in [2.45, 2.75) is 50.5 Å². The van der Waals surface area contributed by atoms with Gasteiger partial charge in [-0.1, -0.05) is 6.07 Å². The number of fused-ring (bicyclic) bond motifs is 1. The van der Waals surface area contributed by atoms with Gasteiger partial charge in [-0.25, -0.2) is 13.6 Å². The van der Waals surface area contributed by atoms with Gasteiger partial charge in [-0.05, 0) is 93.4 Å². The van der Waals surface area contributed by atoms with Crippen LogP contribution in [0.2, 0.25) is 0 Å². The first-order chi connectivity index (χ1) is 14.0. The largest absolute Gasteiger partial charge is 0.417 e. The molecule has 1 aromatic heterocycles. The number of benzene rings is 2. The molecule has 1 N–H and O–H groups in total. The monoisotopic (exact) mass is 400 g/mol. The lowest BCUT2D eigenvalue weighted by atomic mass is 9.81. The molecular weight excluding hydrogens is 374 g/mol. The molecule has 0 saturated heterocycles. The predicted octanol–water partition coefficient (Wildman–Crippen LogP) is 4.99. The van der Waals surface area contributed by atoms with Gasteiger partial charge in [-0.15, -0.1) is 0 Å². The summed E-state index contributed by atoms with van der Waals surface area (Å²) in [5.41, 5.74) is 3.31. The van der Waals surface area contributed by atoms with E-state index in [2.05, 4.69) is 23.0 Å². The van der Waals surface area contributed by atoms with E-state index in [0.717, 1.165) is 50.2 Å². The van der Waals surface area contributed by atoms with Gasteiger partial charge in [-0.3, -0.25) is 4.98 Å². The molecule has 4 rings (SSSR count). The van der Waals surface area contributed by atoms with Gasteiger partial charge in [0, 0.05) is 12.1 Å². The average molecular weight is 400 g/mol. The predicted molar refractivity (Wildman–Crippen MR) is 109 cm³/mol. The summed E-state index contributed by atoms with van der Waals surface area (Å²) >= 11 is 0. The van der Waals surface area contributed by atoms with Crippen LogP contribution in [0, 0.1) is 11.6 Å². The number of aromatic nitrogens is 1. The summed E-state index contributed by atoms with van der Waals surface area (Å²) in [6, 6.07) is 10.3. The maximum absolute atomic E-state index is 13.3. The zero-order valence-corrected chi connectivity index (χ0v) is 16.6. The van der Waals surface area contributed by atoms with Crippen molar-refractivity contribution in [3.05, 3.63) is 69.7 Å². The van der Waals surface area contributed by atoms with E-state index in [-0.39, 0.29) is 0 Å². The van der Waals surface area contributed by atoms with Gasteiger partial charge in [0.1, 0.15) is 11.6 Å². The molecule has 29 heavy (non-hydrogen) atoms. The van der Waals surface area contributed by atoms with E-state index in [4.69, 9.17) is 4.42 Å². The first kappa shape index (κ1) is 19.8. The van der Waals surface area contributed by atoms with E-state index < -0.39 is 17.4 Å². The number of hydrogen-bond acceptors (Lipinski definition) is 3. The number of hydrogen-bond donors (Lipinski definition) is 1. The molecule has 4 nitrogen and oxygen atoms in total. The van der Waals surface area contributed by atoms with Gasteiger partial charge >= 0.3 is 5.76 Å². The summed E-state index contributed by atoms with van der Waals surface area (Å²) in [5, 5.41) is 0. The van der Waals surface area contributed by atoms with Crippen molar-refractivity contribution < 1.29 is 13.2 Å². The fourth-order valence-corrected chi connectivity index (χ4v) is 4.54. The lowest BCUT2D eigenvalue weighted by Crippen LogP contribution is -2.35. The Hall–Kier alpha value is -2.47. The molecule has 0 unspecified atom stereocenters. The van der Waals surface area contributed by atoms with E-state index in [9.17, 15) is 13.6 Å². The number of nitrogens with one attached hydrogen (secondary N) is 1. The van der Waals surface area contributed by atoms with Crippen LogP contribution in [0.15, 0.2) is 45.6 Å². The number of aromatic amines is 1. The van der Waals surface area contributed by atoms with Crippen molar-refractivity contribution in [1.29, 1.82) is 0 Å². The third kappa shape index (κ3) is 4.75. The minimum Gasteiger partial charge on any atom is -0.408 e. The number of H-pyrrole nitrogens is 1. The molecule has 1 heterocycles. The molecule has 0 atom stereocenters. The summed E-state index contributed by atoms with van der Waals surface area (Å²) in [5.74, 6) is -0.949. The zero-order valence-electron chi connectivity index (χ0n) is 16.6. The van der Waals surface area contributed by atoms with Crippen LogP contribution in [0.4, 0.5) is 8.78 Å². The Kier molecular flexibility index (Phi) is 5.81. The second-order valence-electron chi connectivity index (χ2n) is 8.14. The number of halogens is 2. The molecule has 0 spiro atoms. The Morgan fingerprint density at radius 2 is 1.79 bits per heavy atom. The van der Waals surface area contributed by atoms with E-state index >= 15 is 0 Å². The SMILES string of the molecule is CN(CCCc1cc(F)cc(F)c1)[C@H]1CC[C@H](c2ccc3[nH]c(=O)oc3c2)CC1. The highest BCUT2D eigenvalue weighted by molar-refractivity contribution is 5.72. The van der Waals surface area contributed by atoms with Crippen molar-refractivity contribution in [1.82, 2.24) is 9.88 Å². The van der Waals surface area contributed by atoms with Gasteiger partial charge in [-0.2, -0.15) is 0 Å². The summed E-state index contributed by atoms with van der Waals surface area (Å²) in [6.07, 6.45) is 5.99. The number of nitrogens with zero attached hydrogens (tertiary/aromatic N) is 1. The Bertz CT molecular complexity index is 1010. The lowest BCUT2D eigenvalue weighted by molar-refractivity contribution is 0.181. The van der Waals surface area contributed by atoms with Crippen LogP contribution in [0.1, 0.15) is 49.1 Å². The maximum atomic E-state index is 13.3. The molecule has 1 fully saturated rings. The van der Waals surface area contributed by atoms with Crippen molar-refractivity contribution in [3.8, 4) is 0 Å². The second kappa shape index (κ2) is 8.49. The molecule has 0 aliphatic heterocycles. The minimum absolute atomic E-state index is 0.413. The molecule has 6 heteroatoms. The van der Waals surface area contributed by atoms with Gasteiger partial charge in [0.2, 0.25) is 0 Å². The Morgan fingerprint density at radius 3 is 2.52 bits per heavy atom. The van der Waals surface area contributed by atoms with E-state index in [1.807, 2.05) is 12.1 Å². The quantitative estimate of drug-likeness (QED) is 0.634. The minimum atomic E-state index is -0.510. The van der Waals surface area contributed by atoms with Crippen LogP contribution in [-0.2, 0) is 6.42 Å². The maximum Gasteiger partial charge on any atom is 0.417 e. The first-order valence-electron chi connectivity index (χ1n) is 10.3. The van der Waals surface area contributed by atoms with Crippen LogP contribution in [-0.4, -0.2) is 29.5 Å².